The van der Waals surface area contributed by atoms with E-state index in [4.69, 9.17) is 10.5 Å². The molecule has 0 spiro atoms. The molecule has 3 N–H and O–H groups in total. The molecule has 5 nitrogen and oxygen atoms in total. The molecule has 0 amide bonds. The van der Waals surface area contributed by atoms with E-state index in [2.05, 4.69) is 11.6 Å². The largest absolute Gasteiger partial charge is 0.398 e. The molecular weight excluding hydrogens is 288 g/mol. The van der Waals surface area contributed by atoms with Crippen LogP contribution >= 0.6 is 0 Å². The summed E-state index contributed by atoms with van der Waals surface area (Å²) in [6.07, 6.45) is 1.72. The maximum Gasteiger partial charge on any atom is 0.242 e. The van der Waals surface area contributed by atoms with Crippen LogP contribution in [-0.2, 0) is 14.8 Å². The number of hydrogen-bond donors (Lipinski definition) is 2. The summed E-state index contributed by atoms with van der Waals surface area (Å²) in [5, 5.41) is 0. The van der Waals surface area contributed by atoms with Gasteiger partial charge in [0.1, 0.15) is 4.90 Å². The Hall–Kier alpha value is -1.11. The SMILES string of the molecule is Cc1cc(N)c(S(=O)(=O)NCC2(C)CCOCC2)cc1C. The van der Waals surface area contributed by atoms with Crippen molar-refractivity contribution in [3.63, 3.8) is 0 Å². The zero-order valence-corrected chi connectivity index (χ0v) is 13.7. The summed E-state index contributed by atoms with van der Waals surface area (Å²) in [5.74, 6) is 0. The predicted octanol–water partition coefficient (Wildman–Crippen LogP) is 1.98. The van der Waals surface area contributed by atoms with Crippen molar-refractivity contribution in [1.82, 2.24) is 4.72 Å². The lowest BCUT2D eigenvalue weighted by Crippen LogP contribution is -2.39. The molecule has 0 saturated carbocycles. The number of nitrogens with two attached hydrogens (primary N) is 1. The Kier molecular flexibility index (Phi) is 4.60. The lowest BCUT2D eigenvalue weighted by atomic mass is 9.83. The van der Waals surface area contributed by atoms with Crippen LogP contribution in [0, 0.1) is 19.3 Å². The monoisotopic (exact) mass is 312 g/mol. The molecule has 0 unspecified atom stereocenters. The Labute approximate surface area is 126 Å². The van der Waals surface area contributed by atoms with E-state index >= 15 is 0 Å². The first kappa shape index (κ1) is 16.3. The maximum atomic E-state index is 12.5. The maximum absolute atomic E-state index is 12.5. The lowest BCUT2D eigenvalue weighted by Gasteiger charge is -2.33. The second-order valence-corrected chi connectivity index (χ2v) is 7.96. The Balaban J connectivity index is 2.17. The molecule has 1 aliphatic heterocycles. The molecule has 1 aromatic carbocycles. The number of sulfonamides is 1. The summed E-state index contributed by atoms with van der Waals surface area (Å²) in [4.78, 5) is 0.168. The van der Waals surface area contributed by atoms with Gasteiger partial charge in [-0.15, -0.1) is 0 Å². The van der Waals surface area contributed by atoms with Crippen molar-refractivity contribution in [3.05, 3.63) is 23.3 Å². The lowest BCUT2D eigenvalue weighted by molar-refractivity contribution is 0.0265. The second-order valence-electron chi connectivity index (χ2n) is 6.22. The minimum absolute atomic E-state index is 0.0557. The van der Waals surface area contributed by atoms with Gasteiger partial charge in [-0.25, -0.2) is 13.1 Å². The van der Waals surface area contributed by atoms with Crippen LogP contribution < -0.4 is 10.5 Å². The van der Waals surface area contributed by atoms with Gasteiger partial charge in [-0.2, -0.15) is 0 Å². The minimum atomic E-state index is -3.58. The molecule has 0 aliphatic carbocycles. The third kappa shape index (κ3) is 3.75. The van der Waals surface area contributed by atoms with Gasteiger partial charge in [0.15, 0.2) is 0 Å². The summed E-state index contributed by atoms with van der Waals surface area (Å²) >= 11 is 0. The van der Waals surface area contributed by atoms with Crippen LogP contribution in [0.2, 0.25) is 0 Å². The molecule has 1 heterocycles. The number of aryl methyl sites for hydroxylation is 2. The second kappa shape index (κ2) is 5.94. The van der Waals surface area contributed by atoms with E-state index in [1.165, 1.54) is 0 Å². The number of benzene rings is 1. The van der Waals surface area contributed by atoms with Crippen molar-refractivity contribution in [2.75, 3.05) is 25.5 Å². The molecule has 1 aromatic rings. The van der Waals surface area contributed by atoms with Gasteiger partial charge in [-0.3, -0.25) is 0 Å². The van der Waals surface area contributed by atoms with Gasteiger partial charge in [-0.1, -0.05) is 6.92 Å². The first-order valence-electron chi connectivity index (χ1n) is 7.18. The average molecular weight is 312 g/mol. The third-order valence-electron chi connectivity index (χ3n) is 4.30. The van der Waals surface area contributed by atoms with Gasteiger partial charge in [0, 0.05) is 19.8 Å². The van der Waals surface area contributed by atoms with Gasteiger partial charge in [-0.05, 0) is 55.4 Å². The van der Waals surface area contributed by atoms with Crippen LogP contribution in [0.4, 0.5) is 5.69 Å². The fourth-order valence-electron chi connectivity index (χ4n) is 2.43. The van der Waals surface area contributed by atoms with E-state index in [1.54, 1.807) is 12.1 Å². The Bertz CT molecular complexity index is 620. The van der Waals surface area contributed by atoms with Gasteiger partial charge < -0.3 is 10.5 Å². The number of hydrogen-bond acceptors (Lipinski definition) is 4. The highest BCUT2D eigenvalue weighted by Crippen LogP contribution is 2.30. The topological polar surface area (TPSA) is 81.4 Å². The molecule has 118 valence electrons. The molecular formula is C15H24N2O3S. The van der Waals surface area contributed by atoms with Gasteiger partial charge in [0.25, 0.3) is 0 Å². The van der Waals surface area contributed by atoms with Crippen LogP contribution in [0.5, 0.6) is 0 Å². The van der Waals surface area contributed by atoms with Crippen molar-refractivity contribution in [3.8, 4) is 0 Å². The van der Waals surface area contributed by atoms with E-state index in [-0.39, 0.29) is 10.3 Å². The molecule has 1 aliphatic rings. The van der Waals surface area contributed by atoms with Crippen molar-refractivity contribution in [2.24, 2.45) is 5.41 Å². The predicted molar refractivity (Wildman–Crippen MR) is 83.7 cm³/mol. The number of ether oxygens (including phenoxy) is 1. The van der Waals surface area contributed by atoms with Crippen LogP contribution in [-0.4, -0.2) is 28.2 Å². The fraction of sp³-hybridized carbons (Fsp3) is 0.600. The highest BCUT2D eigenvalue weighted by Gasteiger charge is 2.29. The smallest absolute Gasteiger partial charge is 0.242 e. The minimum Gasteiger partial charge on any atom is -0.398 e. The quantitative estimate of drug-likeness (QED) is 0.833. The number of anilines is 1. The molecule has 0 bridgehead atoms. The summed E-state index contributed by atoms with van der Waals surface area (Å²) in [6, 6.07) is 3.35. The number of nitrogen functional groups attached to an aromatic ring is 1. The number of nitrogens with one attached hydrogen (secondary N) is 1. The Morgan fingerprint density at radius 3 is 2.43 bits per heavy atom. The Morgan fingerprint density at radius 1 is 1.24 bits per heavy atom. The van der Waals surface area contributed by atoms with Crippen molar-refractivity contribution in [1.29, 1.82) is 0 Å². The summed E-state index contributed by atoms with van der Waals surface area (Å²) in [5.41, 5.74) is 8.02. The molecule has 21 heavy (non-hydrogen) atoms. The van der Waals surface area contributed by atoms with Crippen LogP contribution in [0.3, 0.4) is 0 Å². The molecule has 6 heteroatoms. The van der Waals surface area contributed by atoms with Crippen LogP contribution in [0.15, 0.2) is 17.0 Å². The molecule has 0 atom stereocenters. The summed E-state index contributed by atoms with van der Waals surface area (Å²) < 4.78 is 33.0. The van der Waals surface area contributed by atoms with E-state index in [1.807, 2.05) is 13.8 Å². The van der Waals surface area contributed by atoms with Crippen molar-refractivity contribution < 1.29 is 13.2 Å². The van der Waals surface area contributed by atoms with Crippen molar-refractivity contribution in [2.45, 2.75) is 38.5 Å². The van der Waals surface area contributed by atoms with Gasteiger partial charge in [0.2, 0.25) is 10.0 Å². The zero-order chi connectivity index (χ0) is 15.7. The molecule has 1 saturated heterocycles. The molecule has 2 rings (SSSR count). The standard InChI is InChI=1S/C15H24N2O3S/c1-11-8-13(16)14(9-12(11)2)21(18,19)17-10-15(3)4-6-20-7-5-15/h8-9,17H,4-7,10,16H2,1-3H3. The summed E-state index contributed by atoms with van der Waals surface area (Å²) in [6.45, 7) is 7.66. The van der Waals surface area contributed by atoms with E-state index in [9.17, 15) is 8.42 Å². The molecule has 1 fully saturated rings. The average Bonchev–Trinajstić information content (AvgIpc) is 2.42. The molecule has 0 radical (unpaired) electrons. The van der Waals surface area contributed by atoms with E-state index < -0.39 is 10.0 Å². The highest BCUT2D eigenvalue weighted by molar-refractivity contribution is 7.89. The Morgan fingerprint density at radius 2 is 1.81 bits per heavy atom. The molecule has 0 aromatic heterocycles. The fourth-order valence-corrected chi connectivity index (χ4v) is 3.83. The summed E-state index contributed by atoms with van der Waals surface area (Å²) in [7, 11) is -3.58. The van der Waals surface area contributed by atoms with Crippen LogP contribution in [0.25, 0.3) is 0 Å². The van der Waals surface area contributed by atoms with Gasteiger partial charge in [0.05, 0.1) is 5.69 Å². The highest BCUT2D eigenvalue weighted by atomic mass is 32.2. The van der Waals surface area contributed by atoms with Crippen LogP contribution in [0.1, 0.15) is 30.9 Å². The first-order chi connectivity index (χ1) is 9.73. The zero-order valence-electron chi connectivity index (χ0n) is 12.9. The number of rotatable bonds is 4. The van der Waals surface area contributed by atoms with Gasteiger partial charge >= 0.3 is 0 Å². The third-order valence-corrected chi connectivity index (χ3v) is 5.76. The first-order valence-corrected chi connectivity index (χ1v) is 8.66. The normalized spacial score (nSPS) is 18.6. The van der Waals surface area contributed by atoms with Crippen molar-refractivity contribution >= 4 is 15.7 Å². The van der Waals surface area contributed by atoms with E-state index in [0.717, 1.165) is 24.0 Å². The van der Waals surface area contributed by atoms with E-state index in [0.29, 0.717) is 25.4 Å².